The largest absolute Gasteiger partial charge is 0.383 e. The Morgan fingerprint density at radius 1 is 1.31 bits per heavy atom. The van der Waals surface area contributed by atoms with Crippen molar-refractivity contribution in [3.63, 3.8) is 0 Å². The number of aromatic nitrogens is 3. The molecule has 8 heteroatoms. The van der Waals surface area contributed by atoms with E-state index in [0.717, 1.165) is 5.69 Å². The molecule has 0 radical (unpaired) electrons. The fourth-order valence-corrected chi connectivity index (χ4v) is 4.62. The summed E-state index contributed by atoms with van der Waals surface area (Å²) in [4.78, 5) is 29.6. The molecule has 6 nitrogen and oxygen atoms in total. The van der Waals surface area contributed by atoms with Crippen molar-refractivity contribution < 1.29 is 4.74 Å². The first-order valence-electron chi connectivity index (χ1n) is 8.31. The molecule has 26 heavy (non-hydrogen) atoms. The Balaban J connectivity index is 1.94. The number of rotatable bonds is 7. The SMILES string of the molecule is COC[C@H](C)n1c(SCCn2c(C)csc2=O)nc2ccccc2c1=O. The second-order valence-electron chi connectivity index (χ2n) is 6.03. The van der Waals surface area contributed by atoms with E-state index in [4.69, 9.17) is 4.74 Å². The summed E-state index contributed by atoms with van der Waals surface area (Å²) in [6.45, 7) is 4.88. The number of aryl methyl sites for hydroxylation is 1. The highest BCUT2D eigenvalue weighted by Crippen LogP contribution is 2.21. The third kappa shape index (κ3) is 3.77. The summed E-state index contributed by atoms with van der Waals surface area (Å²) in [5.41, 5.74) is 1.58. The van der Waals surface area contributed by atoms with Crippen molar-refractivity contribution in [2.24, 2.45) is 0 Å². The lowest BCUT2D eigenvalue weighted by molar-refractivity contribution is 0.156. The van der Waals surface area contributed by atoms with Gasteiger partial charge in [-0.1, -0.05) is 35.2 Å². The van der Waals surface area contributed by atoms with Crippen LogP contribution in [0.1, 0.15) is 18.7 Å². The molecule has 0 bridgehead atoms. The zero-order valence-electron chi connectivity index (χ0n) is 15.0. The molecule has 3 rings (SSSR count). The van der Waals surface area contributed by atoms with E-state index in [9.17, 15) is 9.59 Å². The van der Waals surface area contributed by atoms with Gasteiger partial charge in [0.2, 0.25) is 0 Å². The smallest absolute Gasteiger partial charge is 0.307 e. The number of ether oxygens (including phenoxy) is 1. The number of methoxy groups -OCH3 is 1. The number of thioether (sulfide) groups is 1. The van der Waals surface area contributed by atoms with Crippen LogP contribution in [0.25, 0.3) is 10.9 Å². The standard InChI is InChI=1S/C18H21N3O3S2/c1-12(10-24-3)21-16(22)14-6-4-5-7-15(14)19-17(21)25-9-8-20-13(2)11-26-18(20)23/h4-7,11-12H,8-10H2,1-3H3/t12-/m0/s1. The van der Waals surface area contributed by atoms with Crippen LogP contribution in [-0.2, 0) is 11.3 Å². The Hall–Kier alpha value is -1.90. The van der Waals surface area contributed by atoms with Crippen LogP contribution < -0.4 is 10.4 Å². The molecule has 1 atom stereocenters. The highest BCUT2D eigenvalue weighted by atomic mass is 32.2. The van der Waals surface area contributed by atoms with Crippen LogP contribution in [0.2, 0.25) is 0 Å². The van der Waals surface area contributed by atoms with E-state index < -0.39 is 0 Å². The first kappa shape index (κ1) is 18.9. The van der Waals surface area contributed by atoms with Crippen LogP contribution >= 0.6 is 23.1 Å². The van der Waals surface area contributed by atoms with Crippen molar-refractivity contribution in [2.45, 2.75) is 31.6 Å². The molecule has 0 saturated heterocycles. The number of hydrogen-bond donors (Lipinski definition) is 0. The van der Waals surface area contributed by atoms with Crippen molar-refractivity contribution >= 4 is 34.0 Å². The lowest BCUT2D eigenvalue weighted by Gasteiger charge is -2.19. The fourth-order valence-electron chi connectivity index (χ4n) is 2.83. The quantitative estimate of drug-likeness (QED) is 0.458. The van der Waals surface area contributed by atoms with Gasteiger partial charge in [0, 0.05) is 30.5 Å². The molecular formula is C18H21N3O3S2. The van der Waals surface area contributed by atoms with E-state index >= 15 is 0 Å². The number of benzene rings is 1. The molecular weight excluding hydrogens is 370 g/mol. The van der Waals surface area contributed by atoms with E-state index in [1.807, 2.05) is 37.4 Å². The van der Waals surface area contributed by atoms with Gasteiger partial charge >= 0.3 is 4.87 Å². The van der Waals surface area contributed by atoms with Crippen LogP contribution in [0.4, 0.5) is 0 Å². The number of nitrogens with zero attached hydrogens (tertiary/aromatic N) is 3. The van der Waals surface area contributed by atoms with Gasteiger partial charge in [-0.25, -0.2) is 4.98 Å². The Morgan fingerprint density at radius 2 is 2.08 bits per heavy atom. The van der Waals surface area contributed by atoms with Gasteiger partial charge in [0.25, 0.3) is 5.56 Å². The predicted molar refractivity (Wildman–Crippen MR) is 107 cm³/mol. The van der Waals surface area contributed by atoms with Crippen molar-refractivity contribution in [1.29, 1.82) is 0 Å². The van der Waals surface area contributed by atoms with Gasteiger partial charge in [-0.15, -0.1) is 0 Å². The molecule has 0 aliphatic heterocycles. The Labute approximate surface area is 159 Å². The monoisotopic (exact) mass is 391 g/mol. The maximum atomic E-state index is 13.0. The second-order valence-corrected chi connectivity index (χ2v) is 7.92. The summed E-state index contributed by atoms with van der Waals surface area (Å²) >= 11 is 2.69. The summed E-state index contributed by atoms with van der Waals surface area (Å²) in [6.07, 6.45) is 0. The summed E-state index contributed by atoms with van der Waals surface area (Å²) in [5.74, 6) is 0.655. The first-order valence-corrected chi connectivity index (χ1v) is 10.2. The lowest BCUT2D eigenvalue weighted by atomic mass is 10.2. The normalized spacial score (nSPS) is 12.6. The minimum Gasteiger partial charge on any atom is -0.383 e. The average molecular weight is 392 g/mol. The third-order valence-corrected chi connectivity index (χ3v) is 5.96. The molecule has 1 aromatic carbocycles. The summed E-state index contributed by atoms with van der Waals surface area (Å²) in [7, 11) is 1.62. The molecule has 3 aromatic rings. The number of fused-ring (bicyclic) bond motifs is 1. The van der Waals surface area contributed by atoms with Crippen molar-refractivity contribution in [3.8, 4) is 0 Å². The minimum atomic E-state index is -0.127. The molecule has 2 heterocycles. The minimum absolute atomic E-state index is 0.0414. The molecule has 0 spiro atoms. The van der Waals surface area contributed by atoms with Gasteiger partial charge in [0.1, 0.15) is 0 Å². The van der Waals surface area contributed by atoms with E-state index in [1.54, 1.807) is 22.3 Å². The van der Waals surface area contributed by atoms with Gasteiger partial charge in [-0.2, -0.15) is 0 Å². The van der Waals surface area contributed by atoms with E-state index in [-0.39, 0.29) is 16.5 Å². The van der Waals surface area contributed by atoms with Gasteiger partial charge in [0.15, 0.2) is 5.16 Å². The van der Waals surface area contributed by atoms with Crippen molar-refractivity contribution in [2.75, 3.05) is 19.5 Å². The maximum absolute atomic E-state index is 13.0. The van der Waals surface area contributed by atoms with Gasteiger partial charge in [0.05, 0.1) is 23.6 Å². The molecule has 0 fully saturated rings. The van der Waals surface area contributed by atoms with Crippen LogP contribution in [0.15, 0.2) is 44.4 Å². The maximum Gasteiger partial charge on any atom is 0.307 e. The fraction of sp³-hybridized carbons (Fsp3) is 0.389. The average Bonchev–Trinajstić information content (AvgIpc) is 2.94. The Kier molecular flexibility index (Phi) is 5.95. The zero-order chi connectivity index (χ0) is 18.7. The van der Waals surface area contributed by atoms with Crippen molar-refractivity contribution in [3.05, 3.63) is 55.4 Å². The molecule has 2 aromatic heterocycles. The third-order valence-electron chi connectivity index (χ3n) is 4.15. The molecule has 0 amide bonds. The Morgan fingerprint density at radius 3 is 2.77 bits per heavy atom. The summed E-state index contributed by atoms with van der Waals surface area (Å²) < 4.78 is 8.68. The number of hydrogen-bond acceptors (Lipinski definition) is 6. The van der Waals surface area contributed by atoms with E-state index in [0.29, 0.717) is 35.0 Å². The van der Waals surface area contributed by atoms with Gasteiger partial charge in [-0.3, -0.25) is 14.2 Å². The highest BCUT2D eigenvalue weighted by molar-refractivity contribution is 7.99. The molecule has 0 aliphatic rings. The molecule has 0 saturated carbocycles. The lowest BCUT2D eigenvalue weighted by Crippen LogP contribution is -2.28. The first-order chi connectivity index (χ1) is 12.5. The molecule has 138 valence electrons. The molecule has 0 N–H and O–H groups in total. The van der Waals surface area contributed by atoms with Gasteiger partial charge in [-0.05, 0) is 26.0 Å². The molecule has 0 unspecified atom stereocenters. The van der Waals surface area contributed by atoms with E-state index in [2.05, 4.69) is 4.98 Å². The summed E-state index contributed by atoms with van der Waals surface area (Å²) in [5, 5.41) is 3.11. The van der Waals surface area contributed by atoms with Crippen LogP contribution in [0.3, 0.4) is 0 Å². The summed E-state index contributed by atoms with van der Waals surface area (Å²) in [6, 6.07) is 7.23. The van der Waals surface area contributed by atoms with Crippen molar-refractivity contribution in [1.82, 2.24) is 14.1 Å². The highest BCUT2D eigenvalue weighted by Gasteiger charge is 2.16. The number of para-hydroxylation sites is 1. The van der Waals surface area contributed by atoms with Crippen LogP contribution in [0.5, 0.6) is 0 Å². The predicted octanol–water partition coefficient (Wildman–Crippen LogP) is 2.93. The Bertz CT molecular complexity index is 1020. The van der Waals surface area contributed by atoms with Gasteiger partial charge < -0.3 is 9.30 Å². The zero-order valence-corrected chi connectivity index (χ0v) is 16.6. The number of thiazole rings is 1. The van der Waals surface area contributed by atoms with Crippen LogP contribution in [-0.4, -0.2) is 33.6 Å². The van der Waals surface area contributed by atoms with Crippen LogP contribution in [0, 0.1) is 6.92 Å². The second kappa shape index (κ2) is 8.20. The molecule has 0 aliphatic carbocycles. The topological polar surface area (TPSA) is 66.1 Å². The van der Waals surface area contributed by atoms with E-state index in [1.165, 1.54) is 23.1 Å².